The molecule has 0 atom stereocenters. The molecule has 0 saturated carbocycles. The zero-order chi connectivity index (χ0) is 14.7. The third-order valence-electron chi connectivity index (χ3n) is 2.87. The lowest BCUT2D eigenvalue weighted by atomic mass is 10.1. The molecule has 20 heavy (non-hydrogen) atoms. The standard InChI is InChI=1S/C13H15N5O2/c1-9-3-5-10(6-4-9)8-17(2)12-11(18(19)20)7-15-13(14)16-12/h3-7H,8H2,1-2H3,(H2,14,15,16). The molecule has 0 spiro atoms. The van der Waals surface area contributed by atoms with Gasteiger partial charge in [-0.1, -0.05) is 29.8 Å². The summed E-state index contributed by atoms with van der Waals surface area (Å²) in [4.78, 5) is 19.8. The average Bonchev–Trinajstić information content (AvgIpc) is 2.41. The van der Waals surface area contributed by atoms with Crippen LogP contribution in [0.3, 0.4) is 0 Å². The van der Waals surface area contributed by atoms with Gasteiger partial charge in [0.2, 0.25) is 11.8 Å². The Morgan fingerprint density at radius 1 is 1.35 bits per heavy atom. The summed E-state index contributed by atoms with van der Waals surface area (Å²) >= 11 is 0. The van der Waals surface area contributed by atoms with Crippen LogP contribution in [0.1, 0.15) is 11.1 Å². The molecule has 7 heteroatoms. The molecule has 2 aromatic rings. The van der Waals surface area contributed by atoms with Crippen LogP contribution in [-0.4, -0.2) is 21.9 Å². The van der Waals surface area contributed by atoms with Crippen LogP contribution in [0.15, 0.2) is 30.5 Å². The Labute approximate surface area is 116 Å². The van der Waals surface area contributed by atoms with E-state index in [1.807, 2.05) is 31.2 Å². The Balaban J connectivity index is 2.28. The topological polar surface area (TPSA) is 98.2 Å². The van der Waals surface area contributed by atoms with Crippen LogP contribution in [0.5, 0.6) is 0 Å². The number of hydrogen-bond acceptors (Lipinski definition) is 6. The third-order valence-corrected chi connectivity index (χ3v) is 2.87. The van der Waals surface area contributed by atoms with E-state index in [9.17, 15) is 10.1 Å². The maximum absolute atomic E-state index is 11.0. The van der Waals surface area contributed by atoms with Crippen molar-refractivity contribution < 1.29 is 4.92 Å². The summed E-state index contributed by atoms with van der Waals surface area (Å²) < 4.78 is 0. The molecule has 1 heterocycles. The van der Waals surface area contributed by atoms with Crippen LogP contribution >= 0.6 is 0 Å². The van der Waals surface area contributed by atoms with Crippen molar-refractivity contribution in [2.75, 3.05) is 17.7 Å². The van der Waals surface area contributed by atoms with Crippen molar-refractivity contribution in [3.05, 3.63) is 51.7 Å². The van der Waals surface area contributed by atoms with E-state index in [1.165, 1.54) is 0 Å². The Hall–Kier alpha value is -2.70. The van der Waals surface area contributed by atoms with E-state index in [4.69, 9.17) is 5.73 Å². The van der Waals surface area contributed by atoms with Crippen molar-refractivity contribution in [1.82, 2.24) is 9.97 Å². The second-order valence-corrected chi connectivity index (χ2v) is 4.54. The highest BCUT2D eigenvalue weighted by atomic mass is 16.6. The lowest BCUT2D eigenvalue weighted by Crippen LogP contribution is -2.20. The van der Waals surface area contributed by atoms with Crippen molar-refractivity contribution in [1.29, 1.82) is 0 Å². The zero-order valence-corrected chi connectivity index (χ0v) is 11.3. The van der Waals surface area contributed by atoms with Gasteiger partial charge in [0.15, 0.2) is 0 Å². The van der Waals surface area contributed by atoms with Crippen LogP contribution in [-0.2, 0) is 6.54 Å². The van der Waals surface area contributed by atoms with E-state index >= 15 is 0 Å². The zero-order valence-electron chi connectivity index (χ0n) is 11.3. The second kappa shape index (κ2) is 5.52. The predicted octanol–water partition coefficient (Wildman–Crippen LogP) is 1.91. The minimum absolute atomic E-state index is 0.0151. The normalized spacial score (nSPS) is 10.3. The smallest absolute Gasteiger partial charge is 0.329 e. The van der Waals surface area contributed by atoms with Gasteiger partial charge in [0.25, 0.3) is 0 Å². The van der Waals surface area contributed by atoms with Crippen LogP contribution in [0.25, 0.3) is 0 Å². The first kappa shape index (κ1) is 13.7. The van der Waals surface area contributed by atoms with E-state index in [-0.39, 0.29) is 17.5 Å². The van der Waals surface area contributed by atoms with E-state index < -0.39 is 4.92 Å². The molecular formula is C13H15N5O2. The molecule has 0 fully saturated rings. The van der Waals surface area contributed by atoms with Crippen molar-refractivity contribution in [3.63, 3.8) is 0 Å². The number of aromatic nitrogens is 2. The largest absolute Gasteiger partial charge is 0.368 e. The highest BCUT2D eigenvalue weighted by Gasteiger charge is 2.20. The SMILES string of the molecule is Cc1ccc(CN(C)c2nc(N)ncc2[N+](=O)[O-])cc1. The number of anilines is 2. The lowest BCUT2D eigenvalue weighted by molar-refractivity contribution is -0.384. The number of rotatable bonds is 4. The van der Waals surface area contributed by atoms with Crippen molar-refractivity contribution in [3.8, 4) is 0 Å². The van der Waals surface area contributed by atoms with Crippen LogP contribution in [0.4, 0.5) is 17.5 Å². The molecule has 0 aliphatic carbocycles. The molecule has 1 aromatic carbocycles. The summed E-state index contributed by atoms with van der Waals surface area (Å²) in [7, 11) is 1.73. The Morgan fingerprint density at radius 2 is 2.00 bits per heavy atom. The summed E-state index contributed by atoms with van der Waals surface area (Å²) in [5.41, 5.74) is 7.54. The van der Waals surface area contributed by atoms with Gasteiger partial charge in [-0.15, -0.1) is 0 Å². The highest BCUT2D eigenvalue weighted by molar-refractivity contribution is 5.58. The second-order valence-electron chi connectivity index (χ2n) is 4.54. The molecule has 1 aromatic heterocycles. The molecular weight excluding hydrogens is 258 g/mol. The minimum atomic E-state index is -0.513. The number of aryl methyl sites for hydroxylation is 1. The van der Waals surface area contributed by atoms with Crippen molar-refractivity contribution in [2.24, 2.45) is 0 Å². The first-order valence-corrected chi connectivity index (χ1v) is 6.01. The van der Waals surface area contributed by atoms with Gasteiger partial charge in [-0.25, -0.2) is 4.98 Å². The predicted molar refractivity (Wildman–Crippen MR) is 76.4 cm³/mol. The van der Waals surface area contributed by atoms with Crippen LogP contribution in [0.2, 0.25) is 0 Å². The number of nitro groups is 1. The number of nitrogens with zero attached hydrogens (tertiary/aromatic N) is 4. The maximum Gasteiger partial charge on any atom is 0.329 e. The minimum Gasteiger partial charge on any atom is -0.368 e. The van der Waals surface area contributed by atoms with E-state index in [0.717, 1.165) is 17.3 Å². The fourth-order valence-electron chi connectivity index (χ4n) is 1.83. The van der Waals surface area contributed by atoms with Gasteiger partial charge >= 0.3 is 5.69 Å². The Kier molecular flexibility index (Phi) is 3.79. The first-order valence-electron chi connectivity index (χ1n) is 6.01. The summed E-state index contributed by atoms with van der Waals surface area (Å²) in [6, 6.07) is 7.93. The quantitative estimate of drug-likeness (QED) is 0.675. The molecule has 0 bridgehead atoms. The fourth-order valence-corrected chi connectivity index (χ4v) is 1.83. The molecule has 7 nitrogen and oxygen atoms in total. The summed E-state index contributed by atoms with van der Waals surface area (Å²) in [6.45, 7) is 2.50. The van der Waals surface area contributed by atoms with E-state index in [0.29, 0.717) is 6.54 Å². The van der Waals surface area contributed by atoms with E-state index in [2.05, 4.69) is 9.97 Å². The molecule has 0 aliphatic heterocycles. The number of nitrogens with two attached hydrogens (primary N) is 1. The molecule has 2 rings (SSSR count). The monoisotopic (exact) mass is 273 g/mol. The lowest BCUT2D eigenvalue weighted by Gasteiger charge is -2.18. The van der Waals surface area contributed by atoms with Gasteiger partial charge in [-0.3, -0.25) is 10.1 Å². The summed E-state index contributed by atoms with van der Waals surface area (Å²) in [5.74, 6) is 0.226. The van der Waals surface area contributed by atoms with Crippen molar-refractivity contribution in [2.45, 2.75) is 13.5 Å². The van der Waals surface area contributed by atoms with Gasteiger partial charge in [0, 0.05) is 13.6 Å². The maximum atomic E-state index is 11.0. The Bertz CT molecular complexity index is 627. The summed E-state index contributed by atoms with van der Waals surface area (Å²) in [6.07, 6.45) is 1.13. The molecule has 0 saturated heterocycles. The first-order chi connectivity index (χ1) is 9.47. The van der Waals surface area contributed by atoms with Gasteiger partial charge < -0.3 is 10.6 Å². The molecule has 2 N–H and O–H groups in total. The molecule has 104 valence electrons. The van der Waals surface area contributed by atoms with Gasteiger partial charge in [-0.05, 0) is 12.5 Å². The third kappa shape index (κ3) is 3.00. The van der Waals surface area contributed by atoms with Gasteiger partial charge in [-0.2, -0.15) is 4.98 Å². The molecule has 0 radical (unpaired) electrons. The number of nitrogen functional groups attached to an aromatic ring is 1. The Morgan fingerprint density at radius 3 is 2.60 bits per heavy atom. The molecule has 0 unspecified atom stereocenters. The fraction of sp³-hybridized carbons (Fsp3) is 0.231. The van der Waals surface area contributed by atoms with Gasteiger partial charge in [0.05, 0.1) is 4.92 Å². The number of benzene rings is 1. The van der Waals surface area contributed by atoms with Crippen molar-refractivity contribution >= 4 is 17.5 Å². The van der Waals surface area contributed by atoms with Crippen LogP contribution in [0, 0.1) is 17.0 Å². The average molecular weight is 273 g/mol. The van der Waals surface area contributed by atoms with E-state index in [1.54, 1.807) is 11.9 Å². The van der Waals surface area contributed by atoms with Gasteiger partial charge in [0.1, 0.15) is 6.20 Å². The highest BCUT2D eigenvalue weighted by Crippen LogP contribution is 2.25. The molecule has 0 aliphatic rings. The molecule has 0 amide bonds. The summed E-state index contributed by atoms with van der Waals surface area (Å²) in [5, 5.41) is 11.0. The van der Waals surface area contributed by atoms with Crippen LogP contribution < -0.4 is 10.6 Å². The number of hydrogen-bond donors (Lipinski definition) is 1.